The normalized spacial score (nSPS) is 57.9. The predicted molar refractivity (Wildman–Crippen MR) is 61.1 cm³/mol. The van der Waals surface area contributed by atoms with Gasteiger partial charge in [0.25, 0.3) is 17.8 Å². The molecular formula is C14H18F6. The van der Waals surface area contributed by atoms with Gasteiger partial charge in [0.2, 0.25) is 0 Å². The van der Waals surface area contributed by atoms with Gasteiger partial charge < -0.3 is 0 Å². The third-order valence-electron chi connectivity index (χ3n) is 6.50. The maximum atomic E-state index is 14.6. The van der Waals surface area contributed by atoms with Gasteiger partial charge in [0.05, 0.1) is 0 Å². The summed E-state index contributed by atoms with van der Waals surface area (Å²) in [5.41, 5.74) is -9.02. The van der Waals surface area contributed by atoms with Crippen LogP contribution in [0.15, 0.2) is 0 Å². The van der Waals surface area contributed by atoms with Crippen molar-refractivity contribution in [2.24, 2.45) is 21.7 Å². The Hall–Kier alpha value is -0.420. The summed E-state index contributed by atoms with van der Waals surface area (Å²) >= 11 is 0. The van der Waals surface area contributed by atoms with Crippen molar-refractivity contribution >= 4 is 0 Å². The molecule has 0 saturated heterocycles. The van der Waals surface area contributed by atoms with Gasteiger partial charge in [-0.1, -0.05) is 20.8 Å². The first-order valence-corrected chi connectivity index (χ1v) is 6.76. The quantitative estimate of drug-likeness (QED) is 0.544. The van der Waals surface area contributed by atoms with Crippen molar-refractivity contribution in [3.8, 4) is 0 Å². The highest BCUT2D eigenvalue weighted by Gasteiger charge is 2.95. The molecule has 0 atom stereocenters. The highest BCUT2D eigenvalue weighted by Crippen LogP contribution is 2.86. The minimum absolute atomic E-state index is 0.388. The van der Waals surface area contributed by atoms with E-state index in [-0.39, 0.29) is 0 Å². The molecular weight excluding hydrogens is 282 g/mol. The summed E-state index contributed by atoms with van der Waals surface area (Å²) in [6.07, 6.45) is -1.25. The minimum Gasteiger partial charge on any atom is -0.205 e. The number of halogens is 6. The van der Waals surface area contributed by atoms with Gasteiger partial charge in [0.1, 0.15) is 0 Å². The van der Waals surface area contributed by atoms with Crippen molar-refractivity contribution in [1.82, 2.24) is 0 Å². The summed E-state index contributed by atoms with van der Waals surface area (Å²) in [5, 5.41) is 0. The molecule has 0 heterocycles. The van der Waals surface area contributed by atoms with E-state index >= 15 is 0 Å². The zero-order valence-corrected chi connectivity index (χ0v) is 11.9. The second-order valence-electron chi connectivity index (χ2n) is 8.06. The lowest BCUT2D eigenvalue weighted by Crippen LogP contribution is -2.85. The lowest BCUT2D eigenvalue weighted by molar-refractivity contribution is -0.484. The summed E-state index contributed by atoms with van der Waals surface area (Å²) in [7, 11) is 0. The Morgan fingerprint density at radius 2 is 0.700 bits per heavy atom. The summed E-state index contributed by atoms with van der Waals surface area (Å²) < 4.78 is 87.9. The number of rotatable bonds is 0. The van der Waals surface area contributed by atoms with Crippen molar-refractivity contribution in [3.05, 3.63) is 0 Å². The van der Waals surface area contributed by atoms with Gasteiger partial charge in [0, 0.05) is 16.2 Å². The molecule has 4 saturated carbocycles. The van der Waals surface area contributed by atoms with Crippen LogP contribution in [-0.4, -0.2) is 17.8 Å². The standard InChI is InChI=1S/C14H18F6/c1-8-5-9(2)7-10(3,6-8)14(19,20)11(4,12(8,15)16)13(9,17)18/h5-7H2,1-4H3. The van der Waals surface area contributed by atoms with Crippen LogP contribution in [0.5, 0.6) is 0 Å². The topological polar surface area (TPSA) is 0 Å². The molecule has 0 N–H and O–H groups in total. The first kappa shape index (κ1) is 14.5. The molecule has 0 aromatic heterocycles. The first-order valence-electron chi connectivity index (χ1n) is 6.76. The fourth-order valence-corrected chi connectivity index (χ4v) is 5.84. The Morgan fingerprint density at radius 3 is 0.900 bits per heavy atom. The van der Waals surface area contributed by atoms with Crippen LogP contribution in [-0.2, 0) is 0 Å². The van der Waals surface area contributed by atoms with Crippen molar-refractivity contribution in [2.45, 2.75) is 64.7 Å². The molecule has 0 aromatic carbocycles. The summed E-state index contributed by atoms with van der Waals surface area (Å²) in [6, 6.07) is 0. The highest BCUT2D eigenvalue weighted by atomic mass is 19.3. The van der Waals surface area contributed by atoms with Gasteiger partial charge in [-0.15, -0.1) is 0 Å². The average molecular weight is 300 g/mol. The largest absolute Gasteiger partial charge is 0.270 e. The Morgan fingerprint density at radius 1 is 0.500 bits per heavy atom. The predicted octanol–water partition coefficient (Wildman–Crippen LogP) is 5.13. The summed E-state index contributed by atoms with van der Waals surface area (Å²) in [6.45, 7) is 3.95. The molecule has 0 aromatic rings. The van der Waals surface area contributed by atoms with Crippen LogP contribution in [0.3, 0.4) is 0 Å². The van der Waals surface area contributed by atoms with E-state index in [0.717, 1.165) is 0 Å². The van der Waals surface area contributed by atoms with Crippen molar-refractivity contribution in [1.29, 1.82) is 0 Å². The molecule has 0 unspecified atom stereocenters. The Balaban J connectivity index is 2.40. The van der Waals surface area contributed by atoms with Crippen LogP contribution in [0.1, 0.15) is 47.0 Å². The summed E-state index contributed by atoms with van der Waals surface area (Å²) in [4.78, 5) is 0. The zero-order valence-electron chi connectivity index (χ0n) is 11.9. The Bertz CT molecular complexity index is 417. The van der Waals surface area contributed by atoms with E-state index in [1.165, 1.54) is 20.8 Å². The summed E-state index contributed by atoms with van der Waals surface area (Å²) in [5.74, 6) is -12.3. The molecule has 4 aliphatic carbocycles. The third-order valence-corrected chi connectivity index (χ3v) is 6.50. The molecule has 4 aliphatic rings. The zero-order chi connectivity index (χ0) is 15.6. The van der Waals surface area contributed by atoms with E-state index in [1.807, 2.05) is 0 Å². The lowest BCUT2D eigenvalue weighted by atomic mass is 9.32. The molecule has 6 heteroatoms. The number of hydrogen-bond donors (Lipinski definition) is 0. The molecule has 4 fully saturated rings. The Kier molecular flexibility index (Phi) is 2.10. The monoisotopic (exact) mass is 300 g/mol. The van der Waals surface area contributed by atoms with Crippen molar-refractivity contribution in [2.75, 3.05) is 0 Å². The maximum Gasteiger partial charge on any atom is 0.270 e. The fraction of sp³-hybridized carbons (Fsp3) is 1.00. The van der Waals surface area contributed by atoms with Crippen LogP contribution in [0, 0.1) is 21.7 Å². The van der Waals surface area contributed by atoms with Gasteiger partial charge in [-0.05, 0) is 26.2 Å². The highest BCUT2D eigenvalue weighted by molar-refractivity contribution is 5.32. The molecule has 0 amide bonds. The minimum atomic E-state index is -4.10. The second kappa shape index (κ2) is 2.89. The Labute approximate surface area is 113 Å². The van der Waals surface area contributed by atoms with Crippen LogP contribution >= 0.6 is 0 Å². The van der Waals surface area contributed by atoms with Gasteiger partial charge in [0.15, 0.2) is 5.41 Å². The molecule has 0 spiro atoms. The van der Waals surface area contributed by atoms with Crippen molar-refractivity contribution in [3.63, 3.8) is 0 Å². The molecule has 20 heavy (non-hydrogen) atoms. The SMILES string of the molecule is CC12CC3(C)CC(C)(C1)C(F)(F)C(C)(C2(F)F)C3(F)F. The smallest absolute Gasteiger partial charge is 0.205 e. The van der Waals surface area contributed by atoms with Crippen molar-refractivity contribution < 1.29 is 26.3 Å². The van der Waals surface area contributed by atoms with E-state index in [4.69, 9.17) is 0 Å². The maximum absolute atomic E-state index is 14.6. The van der Waals surface area contributed by atoms with Crippen LogP contribution in [0.4, 0.5) is 26.3 Å². The van der Waals surface area contributed by atoms with Crippen LogP contribution in [0.2, 0.25) is 0 Å². The second-order valence-corrected chi connectivity index (χ2v) is 8.06. The lowest BCUT2D eigenvalue weighted by Gasteiger charge is -2.75. The molecule has 4 bridgehead atoms. The first-order chi connectivity index (χ1) is 8.62. The molecule has 0 radical (unpaired) electrons. The van der Waals surface area contributed by atoms with Crippen LogP contribution in [0.25, 0.3) is 0 Å². The van der Waals surface area contributed by atoms with E-state index in [0.29, 0.717) is 6.92 Å². The number of alkyl halides is 6. The molecule has 0 nitrogen and oxygen atoms in total. The molecule has 0 aliphatic heterocycles. The van der Waals surface area contributed by atoms with E-state index < -0.39 is 58.7 Å². The molecule has 116 valence electrons. The molecule has 4 rings (SSSR count). The average Bonchev–Trinajstić information content (AvgIpc) is 2.22. The van der Waals surface area contributed by atoms with Gasteiger partial charge >= 0.3 is 0 Å². The van der Waals surface area contributed by atoms with E-state index in [1.54, 1.807) is 0 Å². The van der Waals surface area contributed by atoms with E-state index in [9.17, 15) is 26.3 Å². The van der Waals surface area contributed by atoms with E-state index in [2.05, 4.69) is 0 Å². The fourth-order valence-electron chi connectivity index (χ4n) is 5.84. The van der Waals surface area contributed by atoms with Gasteiger partial charge in [-0.25, -0.2) is 26.3 Å². The van der Waals surface area contributed by atoms with Gasteiger partial charge in [-0.3, -0.25) is 0 Å². The number of hydrogen-bond acceptors (Lipinski definition) is 0. The third kappa shape index (κ3) is 0.943. The van der Waals surface area contributed by atoms with Gasteiger partial charge in [-0.2, -0.15) is 0 Å². The van der Waals surface area contributed by atoms with Crippen LogP contribution < -0.4 is 0 Å².